The molecule has 7 heteroatoms. The Bertz CT molecular complexity index is 4120. The number of ether oxygens (including phenoxy) is 2. The van der Waals surface area contributed by atoms with Crippen LogP contribution in [0.15, 0.2) is 206 Å². The molecule has 75 heavy (non-hydrogen) atoms. The van der Waals surface area contributed by atoms with Crippen LogP contribution in [0.5, 0.6) is 23.0 Å². The monoisotopic (exact) mass is 1150 g/mol. The van der Waals surface area contributed by atoms with Crippen molar-refractivity contribution in [2.45, 2.75) is 45.4 Å². The predicted molar refractivity (Wildman–Crippen MR) is 303 cm³/mol. The second-order valence-electron chi connectivity index (χ2n) is 21.3. The molecule has 0 bridgehead atoms. The van der Waals surface area contributed by atoms with Gasteiger partial charge in [0, 0.05) is 44.3 Å². The van der Waals surface area contributed by atoms with Crippen LogP contribution < -0.4 is 25.9 Å². The summed E-state index contributed by atoms with van der Waals surface area (Å²) in [5.74, 6) is 3.77. The van der Waals surface area contributed by atoms with Gasteiger partial charge in [-0.3, -0.25) is 0 Å². The van der Waals surface area contributed by atoms with E-state index in [2.05, 4.69) is 238 Å². The van der Waals surface area contributed by atoms with Crippen molar-refractivity contribution in [3.63, 3.8) is 0 Å². The van der Waals surface area contributed by atoms with Crippen molar-refractivity contribution in [3.05, 3.63) is 241 Å². The van der Waals surface area contributed by atoms with Gasteiger partial charge < -0.3 is 18.6 Å². The first-order valence-electron chi connectivity index (χ1n) is 25.5. The van der Waals surface area contributed by atoms with Gasteiger partial charge in [0.2, 0.25) is 0 Å². The third-order valence-electron chi connectivity index (χ3n) is 15.5. The van der Waals surface area contributed by atoms with Crippen molar-refractivity contribution in [2.75, 3.05) is 0 Å². The van der Waals surface area contributed by atoms with E-state index in [-0.39, 0.29) is 38.6 Å². The maximum Gasteiger partial charge on any atom is 0.250 e. The van der Waals surface area contributed by atoms with Crippen molar-refractivity contribution in [3.8, 4) is 67.9 Å². The van der Waals surface area contributed by atoms with Crippen molar-refractivity contribution >= 4 is 55.8 Å². The molecule has 0 atom stereocenters. The molecule has 0 unspecified atom stereocenters. The molecule has 364 valence electrons. The third kappa shape index (κ3) is 7.52. The van der Waals surface area contributed by atoms with Gasteiger partial charge in [-0.15, -0.1) is 29.3 Å². The Hall–Kier alpha value is -8.18. The molecule has 0 amide bonds. The first-order valence-corrected chi connectivity index (χ1v) is 25.5. The summed E-state index contributed by atoms with van der Waals surface area (Å²) in [5, 5.41) is 3.31. The normalized spacial score (nSPS) is 13.2. The number of fused-ring (bicyclic) bond motifs is 7. The van der Waals surface area contributed by atoms with E-state index in [0.717, 1.165) is 106 Å². The van der Waals surface area contributed by atoms with Crippen LogP contribution in [0.3, 0.4) is 0 Å². The van der Waals surface area contributed by atoms with E-state index in [4.69, 9.17) is 14.5 Å². The predicted octanol–water partition coefficient (Wildman–Crippen LogP) is 14.9. The van der Waals surface area contributed by atoms with Crippen LogP contribution in [0, 0.1) is 18.3 Å². The van der Waals surface area contributed by atoms with Crippen LogP contribution in [0.2, 0.25) is 0 Å². The molecule has 0 spiro atoms. The minimum Gasteiger partial charge on any atom is -0.510 e. The molecule has 14 rings (SSSR count). The standard InChI is InChI=1S/C68H49BN3O2.Pt/c1-67(2,3)45-36-37-70-64(38-45)72-59-35-30-46(69-57-26-12-14-28-62(57)74-63-29-15-13-27-58(63)69)39-53(59)51-33-31-47(40-60(51)72)73-48-32-34-55-61(41-48)71-42-54(52-24-17-25-56(66(52)71)68(55,4)5)65-49(43-18-8-6-9-19-43)22-16-23-50(65)44-20-10-7-11-21-44;/h6-39H,1-5H3;/q-3;. The van der Waals surface area contributed by atoms with Gasteiger partial charge >= 0.3 is 0 Å². The van der Waals surface area contributed by atoms with Crippen LogP contribution >= 0.6 is 0 Å². The average Bonchev–Trinajstić information content (AvgIpc) is 4.12. The molecule has 0 saturated heterocycles. The number of hydrogen-bond acceptors (Lipinski definition) is 3. The second kappa shape index (κ2) is 17.8. The summed E-state index contributed by atoms with van der Waals surface area (Å²) in [6.45, 7) is 11.3. The maximum absolute atomic E-state index is 6.93. The van der Waals surface area contributed by atoms with Gasteiger partial charge in [-0.25, -0.2) is 4.98 Å². The fraction of sp³-hybridized carbons (Fsp3) is 0.103. The van der Waals surface area contributed by atoms with Crippen molar-refractivity contribution in [1.29, 1.82) is 0 Å². The smallest absolute Gasteiger partial charge is 0.250 e. The molecule has 0 saturated carbocycles. The maximum atomic E-state index is 6.93. The van der Waals surface area contributed by atoms with Gasteiger partial charge in [0.1, 0.15) is 17.3 Å². The van der Waals surface area contributed by atoms with Gasteiger partial charge in [0.15, 0.2) is 0 Å². The first kappa shape index (κ1) is 46.6. The van der Waals surface area contributed by atoms with Gasteiger partial charge in [-0.2, -0.15) is 23.8 Å². The molecular weight excluding hydrogens is 1100 g/mol. The summed E-state index contributed by atoms with van der Waals surface area (Å²) in [5.41, 5.74) is 17.5. The molecule has 0 radical (unpaired) electrons. The Morgan fingerprint density at radius 3 is 1.92 bits per heavy atom. The quantitative estimate of drug-likeness (QED) is 0.118. The topological polar surface area (TPSA) is 41.2 Å². The Balaban J connectivity index is 0.00000541. The number of benzene rings is 9. The molecule has 5 heterocycles. The largest absolute Gasteiger partial charge is 0.510 e. The van der Waals surface area contributed by atoms with Crippen molar-refractivity contribution < 1.29 is 30.5 Å². The molecule has 5 nitrogen and oxygen atoms in total. The minimum atomic E-state index is -0.335. The molecule has 0 fully saturated rings. The molecule has 2 aliphatic rings. The Morgan fingerprint density at radius 2 is 1.23 bits per heavy atom. The van der Waals surface area contributed by atoms with Gasteiger partial charge in [0.25, 0.3) is 6.71 Å². The summed E-state index contributed by atoms with van der Waals surface area (Å²) in [6.07, 6.45) is 5.90. The van der Waals surface area contributed by atoms with Crippen molar-refractivity contribution in [1.82, 2.24) is 14.1 Å². The fourth-order valence-electron chi connectivity index (χ4n) is 11.8. The first-order chi connectivity index (χ1) is 36.1. The van der Waals surface area contributed by atoms with E-state index < -0.39 is 0 Å². The Labute approximate surface area is 452 Å². The minimum absolute atomic E-state index is 0. The van der Waals surface area contributed by atoms with E-state index >= 15 is 0 Å². The van der Waals surface area contributed by atoms with Gasteiger partial charge in [-0.1, -0.05) is 213 Å². The third-order valence-corrected chi connectivity index (χ3v) is 15.5. The van der Waals surface area contributed by atoms with E-state index in [1.165, 1.54) is 16.6 Å². The molecule has 3 aromatic heterocycles. The zero-order valence-corrected chi connectivity index (χ0v) is 44.5. The van der Waals surface area contributed by atoms with Crippen LogP contribution in [0.4, 0.5) is 0 Å². The summed E-state index contributed by atoms with van der Waals surface area (Å²) in [4.78, 5) is 5.02. The number of para-hydroxylation sites is 3. The number of pyridine rings is 1. The number of nitrogens with zero attached hydrogens (tertiary/aromatic N) is 3. The SMILES string of the molecule is CC(C)(C)c1ccnc(-n2c3[c-]c(Oc4[c-]c5c(cc4)C(C)(C)c4cccc6c(-c7c(-c8ccccc8)cccc7-c7ccccc7)[c-]n-5c46)ccc3c3cc(B4c5ccccc5Oc5ccccc54)ccc32)c1.[Pt]. The average molecular weight is 1150 g/mol. The van der Waals surface area contributed by atoms with Gasteiger partial charge in [0.05, 0.1) is 0 Å². The number of rotatable bonds is 7. The molecule has 2 aliphatic heterocycles. The Kier molecular flexibility index (Phi) is 11.0. The molecular formula is C68H49BN3O2Pt-3. The van der Waals surface area contributed by atoms with Gasteiger partial charge in [-0.05, 0) is 97.0 Å². The number of hydrogen-bond donors (Lipinski definition) is 0. The van der Waals surface area contributed by atoms with E-state index in [1.54, 1.807) is 0 Å². The summed E-state index contributed by atoms with van der Waals surface area (Å²) >= 11 is 0. The van der Waals surface area contributed by atoms with Crippen LogP contribution in [0.1, 0.15) is 51.3 Å². The van der Waals surface area contributed by atoms with E-state index in [9.17, 15) is 0 Å². The summed E-state index contributed by atoms with van der Waals surface area (Å²) in [7, 11) is 0. The zero-order chi connectivity index (χ0) is 49.9. The summed E-state index contributed by atoms with van der Waals surface area (Å²) in [6, 6.07) is 78.7. The van der Waals surface area contributed by atoms with Crippen LogP contribution in [0.25, 0.3) is 77.6 Å². The Morgan fingerprint density at radius 1 is 0.587 bits per heavy atom. The zero-order valence-electron chi connectivity index (χ0n) is 42.2. The molecule has 0 N–H and O–H groups in total. The second-order valence-corrected chi connectivity index (χ2v) is 21.3. The van der Waals surface area contributed by atoms with Crippen LogP contribution in [-0.4, -0.2) is 20.8 Å². The van der Waals surface area contributed by atoms with E-state index in [0.29, 0.717) is 11.5 Å². The fourth-order valence-corrected chi connectivity index (χ4v) is 11.8. The van der Waals surface area contributed by atoms with Crippen LogP contribution in [-0.2, 0) is 31.9 Å². The summed E-state index contributed by atoms with van der Waals surface area (Å²) < 4.78 is 17.8. The molecule has 0 aliphatic carbocycles. The molecule has 12 aromatic rings. The molecule has 9 aromatic carbocycles. The van der Waals surface area contributed by atoms with E-state index in [1.807, 2.05) is 30.5 Å². The van der Waals surface area contributed by atoms with Crippen molar-refractivity contribution in [2.24, 2.45) is 0 Å². The number of aromatic nitrogens is 3.